The van der Waals surface area contributed by atoms with Gasteiger partial charge in [-0.3, -0.25) is 14.6 Å². The van der Waals surface area contributed by atoms with Crippen molar-refractivity contribution < 1.29 is 9.59 Å². The summed E-state index contributed by atoms with van der Waals surface area (Å²) < 4.78 is 0. The van der Waals surface area contributed by atoms with Gasteiger partial charge in [-0.25, -0.2) is 0 Å². The molecule has 0 radical (unpaired) electrons. The fraction of sp³-hybridized carbons (Fsp3) is 0.611. The first-order chi connectivity index (χ1) is 11.2. The van der Waals surface area contributed by atoms with Crippen LogP contribution in [0.15, 0.2) is 18.5 Å². The summed E-state index contributed by atoms with van der Waals surface area (Å²) in [5, 5.41) is 3.09. The summed E-state index contributed by atoms with van der Waals surface area (Å²) in [6.45, 7) is 5.18. The van der Waals surface area contributed by atoms with Crippen molar-refractivity contribution in [3.8, 4) is 0 Å². The minimum atomic E-state index is -0.126. The number of hydrogen-bond acceptors (Lipinski definition) is 3. The van der Waals surface area contributed by atoms with E-state index in [9.17, 15) is 9.59 Å². The molecule has 0 aliphatic heterocycles. The number of aromatic nitrogens is 1. The van der Waals surface area contributed by atoms with Gasteiger partial charge in [0.25, 0.3) is 11.8 Å². The molecule has 2 amide bonds. The zero-order valence-corrected chi connectivity index (χ0v) is 14.2. The van der Waals surface area contributed by atoms with Gasteiger partial charge in [-0.05, 0) is 32.8 Å². The topological polar surface area (TPSA) is 62.3 Å². The van der Waals surface area contributed by atoms with Crippen LogP contribution in [0.4, 0.5) is 0 Å². The first-order valence-electron chi connectivity index (χ1n) is 8.70. The van der Waals surface area contributed by atoms with Crippen LogP contribution in [0.1, 0.15) is 73.1 Å². The molecule has 0 bridgehead atoms. The van der Waals surface area contributed by atoms with Crippen LogP contribution in [0, 0.1) is 0 Å². The third-order valence-electron chi connectivity index (χ3n) is 4.49. The van der Waals surface area contributed by atoms with Crippen LogP contribution in [0.3, 0.4) is 0 Å². The van der Waals surface area contributed by atoms with Crippen LogP contribution >= 0.6 is 0 Å². The Bertz CT molecular complexity index is 533. The highest BCUT2D eigenvalue weighted by atomic mass is 16.2. The van der Waals surface area contributed by atoms with E-state index in [1.807, 2.05) is 13.8 Å². The number of carbonyl (C=O) groups is 2. The van der Waals surface area contributed by atoms with Crippen molar-refractivity contribution in [2.24, 2.45) is 0 Å². The molecule has 126 valence electrons. The van der Waals surface area contributed by atoms with Gasteiger partial charge in [0, 0.05) is 31.5 Å². The second kappa shape index (κ2) is 8.65. The van der Waals surface area contributed by atoms with Crippen LogP contribution in [0.25, 0.3) is 0 Å². The normalized spacial score (nSPS) is 15.7. The fourth-order valence-corrected chi connectivity index (χ4v) is 3.07. The van der Waals surface area contributed by atoms with E-state index in [2.05, 4.69) is 10.3 Å². The molecule has 0 spiro atoms. The lowest BCUT2D eigenvalue weighted by Gasteiger charge is -2.19. The summed E-state index contributed by atoms with van der Waals surface area (Å²) in [4.78, 5) is 30.6. The third-order valence-corrected chi connectivity index (χ3v) is 4.49. The third kappa shape index (κ3) is 4.78. The standard InChI is InChI=1S/C18H27N3O2/c1-3-21(4-2)18(23)15-11-14(12-19-13-15)17(22)20-16-9-7-5-6-8-10-16/h11-13,16H,3-10H2,1-2H3,(H,20,22). The van der Waals surface area contributed by atoms with E-state index in [1.165, 1.54) is 38.1 Å². The molecule has 5 nitrogen and oxygen atoms in total. The Morgan fingerprint density at radius 3 is 2.30 bits per heavy atom. The van der Waals surface area contributed by atoms with Gasteiger partial charge in [0.1, 0.15) is 0 Å². The summed E-state index contributed by atoms with van der Waals surface area (Å²) in [6.07, 6.45) is 9.99. The van der Waals surface area contributed by atoms with Gasteiger partial charge in [-0.15, -0.1) is 0 Å². The summed E-state index contributed by atoms with van der Waals surface area (Å²) in [6, 6.07) is 1.90. The molecular weight excluding hydrogens is 290 g/mol. The minimum Gasteiger partial charge on any atom is -0.349 e. The average molecular weight is 317 g/mol. The Morgan fingerprint density at radius 1 is 1.09 bits per heavy atom. The number of nitrogens with one attached hydrogen (secondary N) is 1. The molecule has 1 fully saturated rings. The van der Waals surface area contributed by atoms with Crippen molar-refractivity contribution in [2.75, 3.05) is 13.1 Å². The van der Waals surface area contributed by atoms with Crippen molar-refractivity contribution in [3.63, 3.8) is 0 Å². The van der Waals surface area contributed by atoms with E-state index in [-0.39, 0.29) is 17.9 Å². The zero-order valence-electron chi connectivity index (χ0n) is 14.2. The average Bonchev–Trinajstić information content (AvgIpc) is 2.84. The monoisotopic (exact) mass is 317 g/mol. The lowest BCUT2D eigenvalue weighted by atomic mass is 10.1. The van der Waals surface area contributed by atoms with Crippen LogP contribution in [-0.2, 0) is 0 Å². The molecule has 1 aliphatic rings. The van der Waals surface area contributed by atoms with E-state index >= 15 is 0 Å². The van der Waals surface area contributed by atoms with Gasteiger partial charge >= 0.3 is 0 Å². The lowest BCUT2D eigenvalue weighted by molar-refractivity contribution is 0.0772. The van der Waals surface area contributed by atoms with Crippen molar-refractivity contribution in [3.05, 3.63) is 29.6 Å². The molecule has 1 saturated carbocycles. The molecule has 1 aromatic heterocycles. The largest absolute Gasteiger partial charge is 0.349 e. The van der Waals surface area contributed by atoms with E-state index in [0.29, 0.717) is 24.2 Å². The van der Waals surface area contributed by atoms with E-state index < -0.39 is 0 Å². The number of rotatable bonds is 5. The number of amides is 2. The molecule has 0 unspecified atom stereocenters. The highest BCUT2D eigenvalue weighted by Crippen LogP contribution is 2.17. The Hall–Kier alpha value is -1.91. The maximum absolute atomic E-state index is 12.4. The molecule has 1 N–H and O–H groups in total. The highest BCUT2D eigenvalue weighted by Gasteiger charge is 2.18. The van der Waals surface area contributed by atoms with Crippen molar-refractivity contribution >= 4 is 11.8 Å². The minimum absolute atomic E-state index is 0.0772. The second-order valence-electron chi connectivity index (χ2n) is 6.10. The second-order valence-corrected chi connectivity index (χ2v) is 6.10. The van der Waals surface area contributed by atoms with Crippen molar-refractivity contribution in [2.45, 2.75) is 58.4 Å². The maximum atomic E-state index is 12.4. The van der Waals surface area contributed by atoms with Crippen LogP contribution in [-0.4, -0.2) is 40.8 Å². The zero-order chi connectivity index (χ0) is 16.7. The van der Waals surface area contributed by atoms with Gasteiger partial charge < -0.3 is 10.2 Å². The van der Waals surface area contributed by atoms with E-state index in [0.717, 1.165) is 12.8 Å². The molecule has 0 atom stereocenters. The van der Waals surface area contributed by atoms with Gasteiger partial charge in [0.15, 0.2) is 0 Å². The molecular formula is C18H27N3O2. The summed E-state index contributed by atoms with van der Waals surface area (Å²) in [7, 11) is 0. The van der Waals surface area contributed by atoms with Crippen LogP contribution in [0.5, 0.6) is 0 Å². The fourth-order valence-electron chi connectivity index (χ4n) is 3.07. The molecule has 5 heteroatoms. The van der Waals surface area contributed by atoms with Crippen molar-refractivity contribution in [1.82, 2.24) is 15.2 Å². The Labute approximate surface area is 138 Å². The van der Waals surface area contributed by atoms with Crippen LogP contribution < -0.4 is 5.32 Å². The van der Waals surface area contributed by atoms with E-state index in [4.69, 9.17) is 0 Å². The molecule has 1 aromatic rings. The van der Waals surface area contributed by atoms with Gasteiger partial charge in [0.2, 0.25) is 0 Å². The lowest BCUT2D eigenvalue weighted by Crippen LogP contribution is -2.35. The Kier molecular flexibility index (Phi) is 6.56. The van der Waals surface area contributed by atoms with Crippen LogP contribution in [0.2, 0.25) is 0 Å². The molecule has 1 aliphatic carbocycles. The molecule has 1 heterocycles. The van der Waals surface area contributed by atoms with E-state index in [1.54, 1.807) is 11.0 Å². The summed E-state index contributed by atoms with van der Waals surface area (Å²) in [5.74, 6) is -0.204. The Morgan fingerprint density at radius 2 is 1.70 bits per heavy atom. The highest BCUT2D eigenvalue weighted by molar-refractivity contribution is 5.99. The number of carbonyl (C=O) groups excluding carboxylic acids is 2. The SMILES string of the molecule is CCN(CC)C(=O)c1cncc(C(=O)NC2CCCCCC2)c1. The number of pyridine rings is 1. The summed E-state index contributed by atoms with van der Waals surface area (Å²) >= 11 is 0. The predicted octanol–water partition coefficient (Wildman–Crippen LogP) is 3.02. The molecule has 0 aromatic carbocycles. The van der Waals surface area contributed by atoms with Gasteiger partial charge in [0.05, 0.1) is 11.1 Å². The molecule has 0 saturated heterocycles. The Balaban J connectivity index is 2.06. The number of nitrogens with zero attached hydrogens (tertiary/aromatic N) is 2. The van der Waals surface area contributed by atoms with Crippen molar-refractivity contribution in [1.29, 1.82) is 0 Å². The number of hydrogen-bond donors (Lipinski definition) is 1. The first-order valence-corrected chi connectivity index (χ1v) is 8.70. The maximum Gasteiger partial charge on any atom is 0.255 e. The van der Waals surface area contributed by atoms with Gasteiger partial charge in [-0.2, -0.15) is 0 Å². The quantitative estimate of drug-likeness (QED) is 0.849. The van der Waals surface area contributed by atoms with Gasteiger partial charge in [-0.1, -0.05) is 25.7 Å². The summed E-state index contributed by atoms with van der Waals surface area (Å²) in [5.41, 5.74) is 0.939. The molecule has 23 heavy (non-hydrogen) atoms. The first kappa shape index (κ1) is 17.4. The smallest absolute Gasteiger partial charge is 0.255 e. The predicted molar refractivity (Wildman–Crippen MR) is 90.4 cm³/mol. The molecule has 2 rings (SSSR count).